The molecule has 3 aliphatic rings. The fourth-order valence-electron chi connectivity index (χ4n) is 8.69. The molecule has 0 aliphatic carbocycles. The molecule has 2 amide bonds. The van der Waals surface area contributed by atoms with Crippen molar-refractivity contribution in [1.29, 1.82) is 0 Å². The SMILES string of the molecule is CC(C)=CC[C@@]1(C[C@@H]2OC(C)(C)O[C@H]2C[C@]2(CC=C(C)C)C(=O)N(Cc3ccccc3)c3ccccc32)C(=O)N(Cc2ccccc2)c2ccccc21. The zero-order valence-electron chi connectivity index (χ0n) is 32.0. The lowest BCUT2D eigenvalue weighted by Crippen LogP contribution is -2.47. The van der Waals surface area contributed by atoms with Crippen molar-refractivity contribution >= 4 is 23.2 Å². The van der Waals surface area contributed by atoms with Crippen LogP contribution in [0.4, 0.5) is 11.4 Å². The molecular weight excluding hydrogens is 657 g/mol. The predicted octanol–water partition coefficient (Wildman–Crippen LogP) is 9.97. The Morgan fingerprint density at radius 1 is 0.566 bits per heavy atom. The number of carbonyl (C=O) groups excluding carboxylic acids is 2. The summed E-state index contributed by atoms with van der Waals surface area (Å²) in [6.07, 6.45) is 5.41. The van der Waals surface area contributed by atoms with Crippen LogP contribution in [0.1, 0.15) is 89.5 Å². The van der Waals surface area contributed by atoms with Gasteiger partial charge in [0.05, 0.1) is 36.1 Å². The average Bonchev–Trinajstić information content (AvgIpc) is 3.65. The first kappa shape index (κ1) is 36.6. The lowest BCUT2D eigenvalue weighted by atomic mass is 9.70. The van der Waals surface area contributed by atoms with Gasteiger partial charge in [-0.2, -0.15) is 0 Å². The topological polar surface area (TPSA) is 59.1 Å². The van der Waals surface area contributed by atoms with Crippen molar-refractivity contribution in [1.82, 2.24) is 0 Å². The van der Waals surface area contributed by atoms with E-state index in [-0.39, 0.29) is 11.8 Å². The average molecular weight is 709 g/mol. The van der Waals surface area contributed by atoms with Crippen molar-refractivity contribution in [3.63, 3.8) is 0 Å². The maximum Gasteiger partial charge on any atom is 0.238 e. The van der Waals surface area contributed by atoms with Crippen LogP contribution in [0.15, 0.2) is 132 Å². The fourth-order valence-corrected chi connectivity index (χ4v) is 8.69. The van der Waals surface area contributed by atoms with Gasteiger partial charge in [-0.05, 0) is 102 Å². The Balaban J connectivity index is 1.29. The van der Waals surface area contributed by atoms with Gasteiger partial charge < -0.3 is 19.3 Å². The smallest absolute Gasteiger partial charge is 0.238 e. The molecule has 6 heteroatoms. The Hall–Kier alpha value is -4.78. The molecule has 0 bridgehead atoms. The quantitative estimate of drug-likeness (QED) is 0.138. The standard InChI is InChI=1S/C47H52N2O4/c1-33(2)25-27-46(37-21-13-15-23-39(37)48(43(46)50)31-35-17-9-7-10-18-35)29-41-42(53-45(5,6)52-41)30-47(28-26-34(3)4)38-22-14-16-24-40(38)49(44(47)51)32-36-19-11-8-12-20-36/h7-26,41-42H,27-32H2,1-6H3/t41-,42-,46-,47-/m0/s1. The summed E-state index contributed by atoms with van der Waals surface area (Å²) in [5.41, 5.74) is 6.62. The summed E-state index contributed by atoms with van der Waals surface area (Å²) in [5, 5.41) is 0. The molecule has 3 aliphatic heterocycles. The van der Waals surface area contributed by atoms with E-state index in [1.807, 2.05) is 84.3 Å². The van der Waals surface area contributed by atoms with Crippen LogP contribution in [-0.4, -0.2) is 29.8 Å². The highest BCUT2D eigenvalue weighted by molar-refractivity contribution is 6.09. The van der Waals surface area contributed by atoms with E-state index in [0.29, 0.717) is 38.8 Å². The molecular formula is C47H52N2O4. The molecule has 6 nitrogen and oxygen atoms in total. The number of nitrogens with zero attached hydrogens (tertiary/aromatic N) is 2. The van der Waals surface area contributed by atoms with Gasteiger partial charge in [0, 0.05) is 11.4 Å². The van der Waals surface area contributed by atoms with Crippen LogP contribution in [0.2, 0.25) is 0 Å². The molecule has 0 N–H and O–H groups in total. The highest BCUT2D eigenvalue weighted by Gasteiger charge is 2.58. The number of fused-ring (bicyclic) bond motifs is 2. The van der Waals surface area contributed by atoms with Crippen molar-refractivity contribution in [2.45, 2.75) is 109 Å². The molecule has 0 aromatic heterocycles. The number of hydrogen-bond donors (Lipinski definition) is 0. The van der Waals surface area contributed by atoms with Crippen molar-refractivity contribution in [3.05, 3.63) is 155 Å². The summed E-state index contributed by atoms with van der Waals surface area (Å²) in [4.78, 5) is 34.1. The monoisotopic (exact) mass is 708 g/mol. The highest BCUT2D eigenvalue weighted by Crippen LogP contribution is 2.53. The van der Waals surface area contributed by atoms with Crippen LogP contribution in [0.25, 0.3) is 0 Å². The molecule has 4 aromatic rings. The summed E-state index contributed by atoms with van der Waals surface area (Å²) < 4.78 is 13.7. The van der Waals surface area contributed by atoms with E-state index in [1.54, 1.807) is 0 Å². The third-order valence-corrected chi connectivity index (χ3v) is 11.2. The molecule has 4 atom stereocenters. The third kappa shape index (κ3) is 7.03. The Morgan fingerprint density at radius 3 is 1.30 bits per heavy atom. The van der Waals surface area contributed by atoms with Crippen LogP contribution in [-0.2, 0) is 43.0 Å². The van der Waals surface area contributed by atoms with E-state index < -0.39 is 28.8 Å². The molecule has 1 saturated heterocycles. The number of ether oxygens (including phenoxy) is 2. The van der Waals surface area contributed by atoms with E-state index >= 15 is 9.59 Å². The zero-order chi connectivity index (χ0) is 37.4. The number of allylic oxidation sites excluding steroid dienone is 4. The van der Waals surface area contributed by atoms with Gasteiger partial charge in [0.1, 0.15) is 0 Å². The number of para-hydroxylation sites is 2. The second-order valence-electron chi connectivity index (χ2n) is 16.0. The first-order valence-electron chi connectivity index (χ1n) is 19.0. The van der Waals surface area contributed by atoms with Crippen LogP contribution in [0.3, 0.4) is 0 Å². The van der Waals surface area contributed by atoms with E-state index in [2.05, 4.69) is 88.4 Å². The van der Waals surface area contributed by atoms with Gasteiger partial charge in [-0.3, -0.25) is 9.59 Å². The Morgan fingerprint density at radius 2 is 0.925 bits per heavy atom. The number of hydrogen-bond acceptors (Lipinski definition) is 4. The van der Waals surface area contributed by atoms with E-state index in [9.17, 15) is 0 Å². The molecule has 7 rings (SSSR count). The van der Waals surface area contributed by atoms with E-state index in [0.717, 1.165) is 44.8 Å². The van der Waals surface area contributed by atoms with Gasteiger partial charge in [-0.1, -0.05) is 120 Å². The van der Waals surface area contributed by atoms with Gasteiger partial charge in [-0.25, -0.2) is 0 Å². The van der Waals surface area contributed by atoms with E-state index in [4.69, 9.17) is 9.47 Å². The van der Waals surface area contributed by atoms with Crippen LogP contribution >= 0.6 is 0 Å². The molecule has 0 unspecified atom stereocenters. The summed E-state index contributed by atoms with van der Waals surface area (Å²) in [6.45, 7) is 13.2. The number of amides is 2. The second kappa shape index (κ2) is 14.6. The number of anilines is 2. The lowest BCUT2D eigenvalue weighted by molar-refractivity contribution is -0.151. The van der Waals surface area contributed by atoms with Crippen LogP contribution < -0.4 is 9.80 Å². The summed E-state index contributed by atoms with van der Waals surface area (Å²) in [5.74, 6) is -0.758. The third-order valence-electron chi connectivity index (χ3n) is 11.2. The van der Waals surface area contributed by atoms with Crippen LogP contribution in [0.5, 0.6) is 0 Å². The van der Waals surface area contributed by atoms with Crippen LogP contribution in [0, 0.1) is 0 Å². The number of rotatable bonds is 12. The lowest BCUT2D eigenvalue weighted by Gasteiger charge is -2.35. The molecule has 3 heterocycles. The van der Waals surface area contributed by atoms with Crippen molar-refractivity contribution in [2.75, 3.05) is 9.80 Å². The van der Waals surface area contributed by atoms with E-state index in [1.165, 1.54) is 0 Å². The normalized spacial score (nSPS) is 24.3. The molecule has 0 spiro atoms. The first-order valence-corrected chi connectivity index (χ1v) is 19.0. The minimum absolute atomic E-state index is 0.0719. The zero-order valence-corrected chi connectivity index (χ0v) is 32.0. The number of benzene rings is 4. The van der Waals surface area contributed by atoms with Gasteiger partial charge in [0.2, 0.25) is 11.8 Å². The summed E-state index contributed by atoms with van der Waals surface area (Å²) in [6, 6.07) is 36.8. The Bertz CT molecular complexity index is 1880. The Kier molecular flexibility index (Phi) is 10.1. The maximum absolute atomic E-state index is 15.1. The second-order valence-corrected chi connectivity index (χ2v) is 16.0. The van der Waals surface area contributed by atoms with Gasteiger partial charge in [0.25, 0.3) is 0 Å². The van der Waals surface area contributed by atoms with Crippen molar-refractivity contribution < 1.29 is 19.1 Å². The fraction of sp³-hybridized carbons (Fsp3) is 0.362. The highest BCUT2D eigenvalue weighted by atomic mass is 16.7. The summed E-state index contributed by atoms with van der Waals surface area (Å²) >= 11 is 0. The molecule has 4 aromatic carbocycles. The minimum atomic E-state index is -0.902. The molecule has 1 fully saturated rings. The molecule has 0 radical (unpaired) electrons. The van der Waals surface area contributed by atoms with Crippen molar-refractivity contribution in [3.8, 4) is 0 Å². The predicted molar refractivity (Wildman–Crippen MR) is 213 cm³/mol. The Labute approximate surface area is 315 Å². The molecule has 274 valence electrons. The largest absolute Gasteiger partial charge is 0.345 e. The van der Waals surface area contributed by atoms with Crippen molar-refractivity contribution in [2.24, 2.45) is 0 Å². The molecule has 53 heavy (non-hydrogen) atoms. The van der Waals surface area contributed by atoms with Gasteiger partial charge in [-0.15, -0.1) is 0 Å². The van der Waals surface area contributed by atoms with Gasteiger partial charge in [0.15, 0.2) is 5.79 Å². The van der Waals surface area contributed by atoms with Gasteiger partial charge >= 0.3 is 0 Å². The number of carbonyl (C=O) groups is 2. The maximum atomic E-state index is 15.1. The molecule has 0 saturated carbocycles. The first-order chi connectivity index (χ1) is 25.4. The summed E-state index contributed by atoms with van der Waals surface area (Å²) in [7, 11) is 0. The minimum Gasteiger partial charge on any atom is -0.345 e.